The molecule has 1 aliphatic rings. The third kappa shape index (κ3) is 5.69. The molecule has 0 spiro atoms. The molecule has 0 aromatic carbocycles. The van der Waals surface area contributed by atoms with Gasteiger partial charge in [-0.15, -0.1) is 0 Å². The second kappa shape index (κ2) is 6.44. The van der Waals surface area contributed by atoms with Crippen molar-refractivity contribution in [2.45, 2.75) is 65.2 Å². The maximum atomic E-state index is 12.2. The fourth-order valence-electron chi connectivity index (χ4n) is 2.59. The summed E-state index contributed by atoms with van der Waals surface area (Å²) in [5, 5.41) is 3.53. The summed E-state index contributed by atoms with van der Waals surface area (Å²) in [5.74, 6) is 0. The van der Waals surface area contributed by atoms with E-state index in [0.717, 1.165) is 19.5 Å². The fraction of sp³-hybridized carbons (Fsp3) is 1.00. The standard InChI is InChI=1S/C14H27F3N2/c1-5-11-9-18-12(13(2,3)4)10-19(11)8-6-7-14(15,16)17/h11-12,18H,5-10H2,1-4H3. The van der Waals surface area contributed by atoms with E-state index < -0.39 is 12.6 Å². The Morgan fingerprint density at radius 3 is 2.32 bits per heavy atom. The number of hydrogen-bond acceptors (Lipinski definition) is 2. The van der Waals surface area contributed by atoms with Gasteiger partial charge >= 0.3 is 6.18 Å². The second-order valence-corrected chi connectivity index (χ2v) is 6.60. The van der Waals surface area contributed by atoms with Crippen LogP contribution in [0, 0.1) is 5.41 Å². The Balaban J connectivity index is 2.51. The van der Waals surface area contributed by atoms with Gasteiger partial charge in [0.05, 0.1) is 0 Å². The van der Waals surface area contributed by atoms with E-state index in [1.54, 1.807) is 0 Å². The number of piperazine rings is 1. The van der Waals surface area contributed by atoms with Gasteiger partial charge in [0.15, 0.2) is 0 Å². The highest BCUT2D eigenvalue weighted by atomic mass is 19.4. The van der Waals surface area contributed by atoms with E-state index in [-0.39, 0.29) is 11.8 Å². The van der Waals surface area contributed by atoms with Crippen LogP contribution in [-0.2, 0) is 0 Å². The van der Waals surface area contributed by atoms with Gasteiger partial charge in [0.25, 0.3) is 0 Å². The van der Waals surface area contributed by atoms with Gasteiger partial charge < -0.3 is 5.32 Å². The van der Waals surface area contributed by atoms with Crippen LogP contribution in [-0.4, -0.2) is 42.8 Å². The summed E-state index contributed by atoms with van der Waals surface area (Å²) in [6.07, 6.45) is -3.51. The fourth-order valence-corrected chi connectivity index (χ4v) is 2.59. The molecule has 1 rings (SSSR count). The Kier molecular flexibility index (Phi) is 5.68. The van der Waals surface area contributed by atoms with Crippen molar-refractivity contribution >= 4 is 0 Å². The molecule has 0 amide bonds. The molecule has 0 aromatic heterocycles. The minimum Gasteiger partial charge on any atom is -0.311 e. The summed E-state index contributed by atoms with van der Waals surface area (Å²) in [5.41, 5.74) is 0.140. The molecule has 1 saturated heterocycles. The molecule has 0 aliphatic carbocycles. The Labute approximate surface area is 114 Å². The molecule has 1 aliphatic heterocycles. The summed E-state index contributed by atoms with van der Waals surface area (Å²) in [4.78, 5) is 2.23. The summed E-state index contributed by atoms with van der Waals surface area (Å²) < 4.78 is 36.7. The SMILES string of the molecule is CCC1CNC(C(C)(C)C)CN1CCCC(F)(F)F. The average Bonchev–Trinajstić information content (AvgIpc) is 2.26. The minimum atomic E-state index is -4.03. The third-order valence-electron chi connectivity index (χ3n) is 3.96. The highest BCUT2D eigenvalue weighted by molar-refractivity contribution is 4.91. The largest absolute Gasteiger partial charge is 0.389 e. The lowest BCUT2D eigenvalue weighted by Gasteiger charge is -2.45. The molecule has 2 atom stereocenters. The van der Waals surface area contributed by atoms with Gasteiger partial charge in [-0.1, -0.05) is 27.7 Å². The lowest BCUT2D eigenvalue weighted by molar-refractivity contribution is -0.136. The van der Waals surface area contributed by atoms with E-state index in [1.165, 1.54) is 0 Å². The zero-order chi connectivity index (χ0) is 14.7. The van der Waals surface area contributed by atoms with Gasteiger partial charge in [0, 0.05) is 31.6 Å². The van der Waals surface area contributed by atoms with Gasteiger partial charge in [-0.2, -0.15) is 13.2 Å². The van der Waals surface area contributed by atoms with Crippen molar-refractivity contribution in [2.75, 3.05) is 19.6 Å². The molecule has 5 heteroatoms. The van der Waals surface area contributed by atoms with Crippen molar-refractivity contribution in [3.05, 3.63) is 0 Å². The average molecular weight is 280 g/mol. The second-order valence-electron chi connectivity index (χ2n) is 6.60. The molecule has 1 heterocycles. The number of nitrogens with zero attached hydrogens (tertiary/aromatic N) is 1. The maximum Gasteiger partial charge on any atom is 0.389 e. The van der Waals surface area contributed by atoms with Gasteiger partial charge in [-0.25, -0.2) is 0 Å². The minimum absolute atomic E-state index is 0.140. The van der Waals surface area contributed by atoms with Gasteiger partial charge in [0.1, 0.15) is 0 Å². The molecule has 114 valence electrons. The molecule has 0 bridgehead atoms. The van der Waals surface area contributed by atoms with E-state index in [1.807, 2.05) is 0 Å². The van der Waals surface area contributed by atoms with Gasteiger partial charge in [0.2, 0.25) is 0 Å². The predicted molar refractivity (Wildman–Crippen MR) is 72.2 cm³/mol. The van der Waals surface area contributed by atoms with Crippen LogP contribution in [0.4, 0.5) is 13.2 Å². The molecule has 1 N–H and O–H groups in total. The summed E-state index contributed by atoms with van der Waals surface area (Å²) in [6, 6.07) is 0.716. The zero-order valence-electron chi connectivity index (χ0n) is 12.5. The van der Waals surface area contributed by atoms with Gasteiger partial charge in [-0.3, -0.25) is 4.90 Å². The first-order valence-electron chi connectivity index (χ1n) is 7.17. The predicted octanol–water partition coefficient (Wildman–Crippen LogP) is 3.43. The first-order chi connectivity index (χ1) is 8.63. The number of halogens is 3. The van der Waals surface area contributed by atoms with E-state index in [4.69, 9.17) is 0 Å². The Morgan fingerprint density at radius 2 is 1.84 bits per heavy atom. The van der Waals surface area contributed by atoms with E-state index in [0.29, 0.717) is 18.6 Å². The molecular formula is C14H27F3N2. The van der Waals surface area contributed by atoms with Crippen LogP contribution in [0.2, 0.25) is 0 Å². The number of rotatable bonds is 4. The van der Waals surface area contributed by atoms with Crippen molar-refractivity contribution in [1.82, 2.24) is 10.2 Å². The van der Waals surface area contributed by atoms with Crippen LogP contribution in [0.25, 0.3) is 0 Å². The highest BCUT2D eigenvalue weighted by Crippen LogP contribution is 2.26. The Morgan fingerprint density at radius 1 is 1.21 bits per heavy atom. The lowest BCUT2D eigenvalue weighted by atomic mass is 9.84. The van der Waals surface area contributed by atoms with Crippen molar-refractivity contribution in [1.29, 1.82) is 0 Å². The maximum absolute atomic E-state index is 12.2. The van der Waals surface area contributed by atoms with E-state index in [9.17, 15) is 13.2 Å². The quantitative estimate of drug-likeness (QED) is 0.849. The van der Waals surface area contributed by atoms with Crippen molar-refractivity contribution in [2.24, 2.45) is 5.41 Å². The summed E-state index contributed by atoms with van der Waals surface area (Å²) in [7, 11) is 0. The molecule has 2 unspecified atom stereocenters. The van der Waals surface area contributed by atoms with Crippen LogP contribution in [0.3, 0.4) is 0 Å². The van der Waals surface area contributed by atoms with Crippen LogP contribution >= 0.6 is 0 Å². The van der Waals surface area contributed by atoms with Crippen LogP contribution < -0.4 is 5.32 Å². The Bertz CT molecular complexity index is 271. The highest BCUT2D eigenvalue weighted by Gasteiger charge is 2.34. The van der Waals surface area contributed by atoms with Gasteiger partial charge in [-0.05, 0) is 24.8 Å². The van der Waals surface area contributed by atoms with Crippen LogP contribution in [0.5, 0.6) is 0 Å². The summed E-state index contributed by atoms with van der Waals surface area (Å²) in [6.45, 7) is 10.9. The number of hydrogen-bond donors (Lipinski definition) is 1. The van der Waals surface area contributed by atoms with Crippen molar-refractivity contribution < 1.29 is 13.2 Å². The molecule has 2 nitrogen and oxygen atoms in total. The molecule has 0 radical (unpaired) electrons. The van der Waals surface area contributed by atoms with Crippen molar-refractivity contribution in [3.8, 4) is 0 Å². The van der Waals surface area contributed by atoms with E-state index in [2.05, 4.69) is 37.9 Å². The van der Waals surface area contributed by atoms with E-state index >= 15 is 0 Å². The Hall–Kier alpha value is -0.290. The number of nitrogens with one attached hydrogen (secondary N) is 1. The molecular weight excluding hydrogens is 253 g/mol. The monoisotopic (exact) mass is 280 g/mol. The summed E-state index contributed by atoms with van der Waals surface area (Å²) >= 11 is 0. The molecule has 1 fully saturated rings. The van der Waals surface area contributed by atoms with Crippen LogP contribution in [0.1, 0.15) is 47.0 Å². The number of alkyl halides is 3. The topological polar surface area (TPSA) is 15.3 Å². The third-order valence-corrected chi connectivity index (χ3v) is 3.96. The molecule has 0 aromatic rings. The molecule has 19 heavy (non-hydrogen) atoms. The molecule has 0 saturated carbocycles. The zero-order valence-corrected chi connectivity index (χ0v) is 12.5. The van der Waals surface area contributed by atoms with Crippen LogP contribution in [0.15, 0.2) is 0 Å². The first kappa shape index (κ1) is 16.8. The normalized spacial score (nSPS) is 26.7. The van der Waals surface area contributed by atoms with Crippen molar-refractivity contribution in [3.63, 3.8) is 0 Å². The first-order valence-corrected chi connectivity index (χ1v) is 7.17. The lowest BCUT2D eigenvalue weighted by Crippen LogP contribution is -2.60. The smallest absolute Gasteiger partial charge is 0.311 e.